The van der Waals surface area contributed by atoms with Crippen LogP contribution in [0.3, 0.4) is 0 Å². The van der Waals surface area contributed by atoms with Crippen molar-refractivity contribution in [2.75, 3.05) is 6.61 Å². The molecule has 0 bridgehead atoms. The maximum Gasteiger partial charge on any atom is 0.242 e. The molecule has 168 valence electrons. The molecule has 0 spiro atoms. The zero-order chi connectivity index (χ0) is 23.0. The van der Waals surface area contributed by atoms with E-state index in [1.54, 1.807) is 48.2 Å². The van der Waals surface area contributed by atoms with Crippen LogP contribution in [0.25, 0.3) is 0 Å². The molecule has 0 radical (unpaired) electrons. The van der Waals surface area contributed by atoms with Gasteiger partial charge in [0.05, 0.1) is 6.61 Å². The Labute approximate surface area is 194 Å². The molecule has 2 aromatic rings. The molecule has 31 heavy (non-hydrogen) atoms. The van der Waals surface area contributed by atoms with E-state index in [-0.39, 0.29) is 23.8 Å². The number of amides is 2. The van der Waals surface area contributed by atoms with Crippen LogP contribution < -0.4 is 10.1 Å². The van der Waals surface area contributed by atoms with Gasteiger partial charge < -0.3 is 15.0 Å². The van der Waals surface area contributed by atoms with Crippen LogP contribution in [0, 0.1) is 0 Å². The second-order valence-electron chi connectivity index (χ2n) is 8.47. The van der Waals surface area contributed by atoms with Crippen LogP contribution in [0.5, 0.6) is 5.75 Å². The van der Waals surface area contributed by atoms with E-state index in [1.807, 2.05) is 32.9 Å². The van der Waals surface area contributed by atoms with Crippen molar-refractivity contribution in [2.45, 2.75) is 58.7 Å². The van der Waals surface area contributed by atoms with E-state index in [1.165, 1.54) is 0 Å². The molecule has 0 aliphatic carbocycles. The Morgan fingerprint density at radius 2 is 1.55 bits per heavy atom. The Hall–Kier alpha value is -2.24. The number of hydrogen-bond donors (Lipinski definition) is 1. The third kappa shape index (κ3) is 8.80. The van der Waals surface area contributed by atoms with Gasteiger partial charge in [-0.05, 0) is 76.1 Å². The van der Waals surface area contributed by atoms with E-state index in [9.17, 15) is 9.59 Å². The van der Waals surface area contributed by atoms with Gasteiger partial charge in [0.2, 0.25) is 11.8 Å². The molecule has 0 aliphatic rings. The zero-order valence-electron chi connectivity index (χ0n) is 18.5. The minimum absolute atomic E-state index is 0.105. The summed E-state index contributed by atoms with van der Waals surface area (Å²) in [5.41, 5.74) is 0.526. The number of ether oxygens (including phenoxy) is 1. The first kappa shape index (κ1) is 25.0. The van der Waals surface area contributed by atoms with E-state index in [4.69, 9.17) is 27.9 Å². The highest BCUT2D eigenvalue weighted by Gasteiger charge is 2.28. The van der Waals surface area contributed by atoms with Gasteiger partial charge in [-0.2, -0.15) is 0 Å². The molecule has 5 nitrogen and oxygen atoms in total. The number of nitrogens with one attached hydrogen (secondary N) is 1. The van der Waals surface area contributed by atoms with Gasteiger partial charge in [0.15, 0.2) is 0 Å². The van der Waals surface area contributed by atoms with Crippen molar-refractivity contribution in [3.05, 3.63) is 64.1 Å². The summed E-state index contributed by atoms with van der Waals surface area (Å²) in [6.45, 7) is 8.21. The summed E-state index contributed by atoms with van der Waals surface area (Å²) in [5, 5.41) is 4.22. The average molecular weight is 465 g/mol. The van der Waals surface area contributed by atoms with Crippen molar-refractivity contribution >= 4 is 35.0 Å². The van der Waals surface area contributed by atoms with E-state index in [0.717, 1.165) is 5.56 Å². The first-order valence-electron chi connectivity index (χ1n) is 10.3. The fourth-order valence-electron chi connectivity index (χ4n) is 2.93. The minimum atomic E-state index is -0.611. The molecule has 0 unspecified atom stereocenters. The summed E-state index contributed by atoms with van der Waals surface area (Å²) in [6.07, 6.45) is 0.806. The number of carbonyl (C=O) groups is 2. The monoisotopic (exact) mass is 464 g/mol. The summed E-state index contributed by atoms with van der Waals surface area (Å²) in [7, 11) is 0. The normalized spacial score (nSPS) is 12.2. The summed E-state index contributed by atoms with van der Waals surface area (Å²) >= 11 is 11.8. The molecular formula is C24H30Cl2N2O3. The van der Waals surface area contributed by atoms with Crippen LogP contribution in [-0.4, -0.2) is 34.9 Å². The first-order chi connectivity index (χ1) is 14.5. The molecular weight excluding hydrogens is 435 g/mol. The molecule has 0 heterocycles. The molecule has 2 amide bonds. The molecule has 1 N–H and O–H groups in total. The van der Waals surface area contributed by atoms with Crippen LogP contribution >= 0.6 is 23.2 Å². The highest BCUT2D eigenvalue weighted by Crippen LogP contribution is 2.17. The quantitative estimate of drug-likeness (QED) is 0.499. The van der Waals surface area contributed by atoms with Crippen molar-refractivity contribution in [1.29, 1.82) is 0 Å². The average Bonchev–Trinajstić information content (AvgIpc) is 2.70. The number of hydrogen-bond acceptors (Lipinski definition) is 3. The Morgan fingerprint density at radius 3 is 2.10 bits per heavy atom. The predicted octanol–water partition coefficient (Wildman–Crippen LogP) is 5.48. The van der Waals surface area contributed by atoms with Gasteiger partial charge in [-0.1, -0.05) is 35.3 Å². The van der Waals surface area contributed by atoms with Crippen LogP contribution in [0.2, 0.25) is 10.0 Å². The number of halogens is 2. The number of carbonyl (C=O) groups excluding carboxylic acids is 2. The summed E-state index contributed by atoms with van der Waals surface area (Å²) in [5.74, 6) is 0.409. The van der Waals surface area contributed by atoms with Crippen molar-refractivity contribution in [1.82, 2.24) is 10.2 Å². The topological polar surface area (TPSA) is 58.6 Å². The fourth-order valence-corrected chi connectivity index (χ4v) is 3.18. The van der Waals surface area contributed by atoms with E-state index >= 15 is 0 Å². The lowest BCUT2D eigenvalue weighted by Crippen LogP contribution is -2.52. The fraction of sp³-hybridized carbons (Fsp3) is 0.417. The third-order valence-electron chi connectivity index (χ3n) is 4.55. The first-order valence-corrected chi connectivity index (χ1v) is 11.0. The lowest BCUT2D eigenvalue weighted by molar-refractivity contribution is -0.141. The Morgan fingerprint density at radius 1 is 1.00 bits per heavy atom. The molecule has 0 saturated carbocycles. The van der Waals surface area contributed by atoms with Crippen LogP contribution in [0.1, 0.15) is 46.1 Å². The number of rotatable bonds is 9. The minimum Gasteiger partial charge on any atom is -0.494 e. The third-order valence-corrected chi connectivity index (χ3v) is 5.05. The predicted molar refractivity (Wildman–Crippen MR) is 126 cm³/mol. The van der Waals surface area contributed by atoms with Gasteiger partial charge in [0.25, 0.3) is 0 Å². The van der Waals surface area contributed by atoms with E-state index < -0.39 is 6.04 Å². The SMILES string of the molecule is C[C@@H](C(=O)NC(C)(C)C)N(Cc1ccc(Cl)cc1)C(=O)CCCOc1ccc(Cl)cc1. The maximum atomic E-state index is 13.0. The Bertz CT molecular complexity index is 862. The molecule has 7 heteroatoms. The second-order valence-corrected chi connectivity index (χ2v) is 9.34. The molecule has 2 aromatic carbocycles. The smallest absolute Gasteiger partial charge is 0.242 e. The Kier molecular flexibility index (Phi) is 9.20. The van der Waals surface area contributed by atoms with Gasteiger partial charge >= 0.3 is 0 Å². The van der Waals surface area contributed by atoms with Crippen LogP contribution in [-0.2, 0) is 16.1 Å². The van der Waals surface area contributed by atoms with Crippen molar-refractivity contribution in [2.24, 2.45) is 0 Å². The molecule has 0 aliphatic heterocycles. The molecule has 1 atom stereocenters. The number of benzene rings is 2. The zero-order valence-corrected chi connectivity index (χ0v) is 20.0. The molecule has 0 aromatic heterocycles. The maximum absolute atomic E-state index is 13.0. The lowest BCUT2D eigenvalue weighted by Gasteiger charge is -2.31. The van der Waals surface area contributed by atoms with Crippen molar-refractivity contribution < 1.29 is 14.3 Å². The summed E-state index contributed by atoms with van der Waals surface area (Å²) < 4.78 is 5.67. The van der Waals surface area contributed by atoms with Crippen molar-refractivity contribution in [3.8, 4) is 5.75 Å². The van der Waals surface area contributed by atoms with Crippen LogP contribution in [0.4, 0.5) is 0 Å². The molecule has 0 fully saturated rings. The standard InChI is InChI=1S/C24H30Cl2N2O3/c1-17(23(30)27-24(2,3)4)28(16-18-7-9-19(25)10-8-18)22(29)6-5-15-31-21-13-11-20(26)12-14-21/h7-14,17H,5-6,15-16H2,1-4H3,(H,27,30)/t17-/m0/s1. The van der Waals surface area contributed by atoms with Gasteiger partial charge in [-0.15, -0.1) is 0 Å². The largest absolute Gasteiger partial charge is 0.494 e. The summed E-state index contributed by atoms with van der Waals surface area (Å²) in [6, 6.07) is 13.8. The van der Waals surface area contributed by atoms with E-state index in [0.29, 0.717) is 35.4 Å². The lowest BCUT2D eigenvalue weighted by atomic mass is 10.1. The highest BCUT2D eigenvalue weighted by molar-refractivity contribution is 6.30. The summed E-state index contributed by atoms with van der Waals surface area (Å²) in [4.78, 5) is 27.4. The second kappa shape index (κ2) is 11.4. The van der Waals surface area contributed by atoms with Crippen molar-refractivity contribution in [3.63, 3.8) is 0 Å². The Balaban J connectivity index is 2.01. The molecule has 2 rings (SSSR count). The van der Waals surface area contributed by atoms with Crippen LogP contribution in [0.15, 0.2) is 48.5 Å². The highest BCUT2D eigenvalue weighted by atomic mass is 35.5. The molecule has 0 saturated heterocycles. The van der Waals surface area contributed by atoms with Gasteiger partial charge in [0, 0.05) is 28.5 Å². The van der Waals surface area contributed by atoms with Gasteiger partial charge in [0.1, 0.15) is 11.8 Å². The van der Waals surface area contributed by atoms with Gasteiger partial charge in [-0.3, -0.25) is 9.59 Å². The van der Waals surface area contributed by atoms with E-state index in [2.05, 4.69) is 5.32 Å². The van der Waals surface area contributed by atoms with Gasteiger partial charge in [-0.25, -0.2) is 0 Å². The number of nitrogens with zero attached hydrogens (tertiary/aromatic N) is 1.